The fourth-order valence-electron chi connectivity index (χ4n) is 3.74. The Balaban J connectivity index is 1.59. The van der Waals surface area contributed by atoms with Crippen LogP contribution >= 0.6 is 0 Å². The van der Waals surface area contributed by atoms with Crippen molar-refractivity contribution in [3.8, 4) is 28.4 Å². The fraction of sp³-hybridized carbons (Fsp3) is 0.300. The van der Waals surface area contributed by atoms with Crippen LogP contribution in [0.5, 0.6) is 5.75 Å². The zero-order valence-electron chi connectivity index (χ0n) is 15.5. The van der Waals surface area contributed by atoms with Crippen LogP contribution in [0, 0.1) is 0 Å². The number of rotatable bonds is 5. The largest absolute Gasteiger partial charge is 0.496 e. The first-order valence-electron chi connectivity index (χ1n) is 9.32. The molecule has 1 aromatic carbocycles. The van der Waals surface area contributed by atoms with Crippen molar-refractivity contribution in [2.75, 3.05) is 13.7 Å². The van der Waals surface area contributed by atoms with Crippen molar-refractivity contribution in [1.29, 1.82) is 0 Å². The fourth-order valence-corrected chi connectivity index (χ4v) is 3.74. The Bertz CT molecular complexity index is 1110. The van der Waals surface area contributed by atoms with Crippen LogP contribution in [-0.2, 0) is 11.3 Å². The third-order valence-corrected chi connectivity index (χ3v) is 5.09. The molecule has 3 aromatic heterocycles. The van der Waals surface area contributed by atoms with Gasteiger partial charge in [-0.1, -0.05) is 6.07 Å². The van der Waals surface area contributed by atoms with E-state index in [-0.39, 0.29) is 6.10 Å². The van der Waals surface area contributed by atoms with Gasteiger partial charge in [0.2, 0.25) is 0 Å². The van der Waals surface area contributed by atoms with Crippen molar-refractivity contribution in [2.24, 2.45) is 0 Å². The van der Waals surface area contributed by atoms with Crippen molar-refractivity contribution in [1.82, 2.24) is 29.6 Å². The molecule has 0 radical (unpaired) electrons. The zero-order valence-corrected chi connectivity index (χ0v) is 15.5. The molecule has 1 atom stereocenters. The van der Waals surface area contributed by atoms with Gasteiger partial charge in [-0.3, -0.25) is 0 Å². The van der Waals surface area contributed by atoms with Crippen LogP contribution in [-0.4, -0.2) is 49.4 Å². The minimum absolute atomic E-state index is 0.251. The average Bonchev–Trinajstić information content (AvgIpc) is 3.49. The number of nitrogens with zero attached hydrogens (tertiary/aromatic N) is 6. The molecular formula is C20H20N6O2. The second-order valence-corrected chi connectivity index (χ2v) is 6.81. The summed E-state index contributed by atoms with van der Waals surface area (Å²) in [5.74, 6) is 1.66. The van der Waals surface area contributed by atoms with Gasteiger partial charge in [0.05, 0.1) is 25.5 Å². The predicted octanol–water partition coefficient (Wildman–Crippen LogP) is 2.84. The van der Waals surface area contributed by atoms with E-state index < -0.39 is 0 Å². The molecule has 0 spiro atoms. The Morgan fingerprint density at radius 3 is 3.07 bits per heavy atom. The van der Waals surface area contributed by atoms with Crippen LogP contribution in [0.1, 0.15) is 12.8 Å². The van der Waals surface area contributed by atoms with Crippen LogP contribution in [0.3, 0.4) is 0 Å². The van der Waals surface area contributed by atoms with Gasteiger partial charge < -0.3 is 14.0 Å². The lowest BCUT2D eigenvalue weighted by atomic mass is 10.1. The lowest BCUT2D eigenvalue weighted by molar-refractivity contribution is 0.0974. The van der Waals surface area contributed by atoms with E-state index in [0.717, 1.165) is 54.4 Å². The second-order valence-electron chi connectivity index (χ2n) is 6.81. The number of benzene rings is 1. The topological polar surface area (TPSA) is 79.4 Å². The van der Waals surface area contributed by atoms with Crippen molar-refractivity contribution in [3.05, 3.63) is 48.8 Å². The highest BCUT2D eigenvalue weighted by Crippen LogP contribution is 2.34. The zero-order chi connectivity index (χ0) is 18.9. The van der Waals surface area contributed by atoms with E-state index >= 15 is 0 Å². The molecule has 4 aromatic rings. The molecule has 5 rings (SSSR count). The number of aromatic nitrogens is 6. The van der Waals surface area contributed by atoms with E-state index in [1.54, 1.807) is 11.6 Å². The number of pyridine rings is 1. The van der Waals surface area contributed by atoms with Crippen LogP contribution in [0.4, 0.5) is 0 Å². The summed E-state index contributed by atoms with van der Waals surface area (Å²) in [6.07, 6.45) is 6.30. The Kier molecular flexibility index (Phi) is 4.25. The molecule has 1 aliphatic heterocycles. The van der Waals surface area contributed by atoms with Gasteiger partial charge in [0.15, 0.2) is 5.65 Å². The summed E-state index contributed by atoms with van der Waals surface area (Å²) in [4.78, 5) is 4.59. The molecule has 0 saturated carbocycles. The molecule has 1 saturated heterocycles. The molecule has 0 amide bonds. The van der Waals surface area contributed by atoms with E-state index in [1.165, 1.54) is 0 Å². The van der Waals surface area contributed by atoms with Gasteiger partial charge in [-0.2, -0.15) is 4.52 Å². The van der Waals surface area contributed by atoms with Gasteiger partial charge >= 0.3 is 0 Å². The number of hydrogen-bond donors (Lipinski definition) is 0. The summed E-state index contributed by atoms with van der Waals surface area (Å²) in [6.45, 7) is 1.65. The van der Waals surface area contributed by atoms with Crippen molar-refractivity contribution in [2.45, 2.75) is 25.5 Å². The summed E-state index contributed by atoms with van der Waals surface area (Å²) in [5.41, 5.74) is 3.46. The normalized spacial score (nSPS) is 16.7. The van der Waals surface area contributed by atoms with Crippen LogP contribution < -0.4 is 4.74 Å². The molecule has 1 unspecified atom stereocenters. The molecule has 4 heterocycles. The molecule has 1 aliphatic rings. The second kappa shape index (κ2) is 7.05. The standard InChI is InChI=1S/C20H20N6O2/c1-27-18-8-7-14(20-21-9-10-25(20)13-15-4-3-11-28-15)12-16(18)17-5-2-6-19-22-23-24-26(17)19/h2,5-10,12,15H,3-4,11,13H2,1H3. The number of tetrazole rings is 1. The molecule has 28 heavy (non-hydrogen) atoms. The SMILES string of the molecule is COc1ccc(-c2nccn2CC2CCCO2)cc1-c1cccc2nnnn12. The average molecular weight is 376 g/mol. The van der Waals surface area contributed by atoms with Gasteiger partial charge in [-0.05, 0) is 53.6 Å². The van der Waals surface area contributed by atoms with Crippen molar-refractivity contribution in [3.63, 3.8) is 0 Å². The van der Waals surface area contributed by atoms with E-state index in [0.29, 0.717) is 5.65 Å². The lowest BCUT2D eigenvalue weighted by Crippen LogP contribution is -2.15. The first-order valence-corrected chi connectivity index (χ1v) is 9.32. The van der Waals surface area contributed by atoms with E-state index in [2.05, 4.69) is 31.1 Å². The minimum Gasteiger partial charge on any atom is -0.496 e. The van der Waals surface area contributed by atoms with E-state index in [4.69, 9.17) is 9.47 Å². The van der Waals surface area contributed by atoms with Gasteiger partial charge in [0.25, 0.3) is 0 Å². The highest BCUT2D eigenvalue weighted by Gasteiger charge is 2.19. The summed E-state index contributed by atoms with van der Waals surface area (Å²) in [5, 5.41) is 11.9. The quantitative estimate of drug-likeness (QED) is 0.533. The molecular weight excluding hydrogens is 356 g/mol. The highest BCUT2D eigenvalue weighted by atomic mass is 16.5. The van der Waals surface area contributed by atoms with Gasteiger partial charge in [0, 0.05) is 30.1 Å². The smallest absolute Gasteiger partial charge is 0.179 e. The summed E-state index contributed by atoms with van der Waals surface area (Å²) in [7, 11) is 1.66. The summed E-state index contributed by atoms with van der Waals surface area (Å²) < 4.78 is 15.3. The summed E-state index contributed by atoms with van der Waals surface area (Å²) >= 11 is 0. The maximum absolute atomic E-state index is 5.79. The Hall–Kier alpha value is -3.26. The molecule has 142 valence electrons. The Morgan fingerprint density at radius 1 is 1.25 bits per heavy atom. The number of fused-ring (bicyclic) bond motifs is 1. The van der Waals surface area contributed by atoms with Gasteiger partial charge in [-0.15, -0.1) is 5.10 Å². The minimum atomic E-state index is 0.251. The van der Waals surface area contributed by atoms with Crippen LogP contribution in [0.25, 0.3) is 28.3 Å². The molecule has 1 fully saturated rings. The highest BCUT2D eigenvalue weighted by molar-refractivity contribution is 5.75. The summed E-state index contributed by atoms with van der Waals surface area (Å²) in [6, 6.07) is 11.8. The number of methoxy groups -OCH3 is 1. The number of imidazole rings is 1. The molecule has 8 nitrogen and oxygen atoms in total. The van der Waals surface area contributed by atoms with Gasteiger partial charge in [0.1, 0.15) is 11.6 Å². The maximum Gasteiger partial charge on any atom is 0.179 e. The lowest BCUT2D eigenvalue weighted by Gasteiger charge is -2.15. The Morgan fingerprint density at radius 2 is 2.21 bits per heavy atom. The number of hydrogen-bond acceptors (Lipinski definition) is 6. The monoisotopic (exact) mass is 376 g/mol. The predicted molar refractivity (Wildman–Crippen MR) is 103 cm³/mol. The van der Waals surface area contributed by atoms with E-state index in [1.807, 2.05) is 42.7 Å². The third-order valence-electron chi connectivity index (χ3n) is 5.09. The van der Waals surface area contributed by atoms with Crippen LogP contribution in [0.15, 0.2) is 48.8 Å². The van der Waals surface area contributed by atoms with Gasteiger partial charge in [-0.25, -0.2) is 4.98 Å². The van der Waals surface area contributed by atoms with Crippen molar-refractivity contribution < 1.29 is 9.47 Å². The molecule has 0 N–H and O–H groups in total. The van der Waals surface area contributed by atoms with Crippen LogP contribution in [0.2, 0.25) is 0 Å². The molecule has 8 heteroatoms. The maximum atomic E-state index is 5.79. The Labute approximate surface area is 161 Å². The first kappa shape index (κ1) is 16.9. The van der Waals surface area contributed by atoms with Crippen molar-refractivity contribution >= 4 is 5.65 Å². The molecule has 0 aliphatic carbocycles. The van der Waals surface area contributed by atoms with E-state index in [9.17, 15) is 0 Å². The third kappa shape index (κ3) is 2.91. The number of ether oxygens (including phenoxy) is 2. The molecule has 0 bridgehead atoms. The first-order chi connectivity index (χ1) is 13.8.